The van der Waals surface area contributed by atoms with Crippen molar-refractivity contribution in [2.75, 3.05) is 5.75 Å². The van der Waals surface area contributed by atoms with E-state index in [1.54, 1.807) is 0 Å². The van der Waals surface area contributed by atoms with Gasteiger partial charge in [-0.1, -0.05) is 51.6 Å². The third-order valence-electron chi connectivity index (χ3n) is 3.86. The lowest BCUT2D eigenvalue weighted by Crippen LogP contribution is -2.17. The molecule has 142 valence electrons. The Morgan fingerprint density at radius 2 is 1.81 bits per heavy atom. The van der Waals surface area contributed by atoms with Gasteiger partial charge in [-0.3, -0.25) is 4.79 Å². The van der Waals surface area contributed by atoms with Crippen LogP contribution in [0.4, 0.5) is 0 Å². The Kier molecular flexibility index (Phi) is 7.08. The number of ether oxygens (including phenoxy) is 1. The third kappa shape index (κ3) is 5.49. The molecule has 2 rings (SSSR count). The average Bonchev–Trinajstić information content (AvgIpc) is 2.95. The van der Waals surface area contributed by atoms with E-state index in [0.717, 1.165) is 18.1 Å². The van der Waals surface area contributed by atoms with Crippen LogP contribution in [-0.4, -0.2) is 26.4 Å². The van der Waals surface area contributed by atoms with Crippen molar-refractivity contribution in [1.29, 1.82) is 0 Å². The lowest BCUT2D eigenvalue weighted by Gasteiger charge is -2.18. The smallest absolute Gasteiger partial charge is 0.227 e. The third-order valence-corrected chi connectivity index (χ3v) is 4.85. The molecule has 2 N–H and O–H groups in total. The molecule has 6 nitrogen and oxygen atoms in total. The van der Waals surface area contributed by atoms with Crippen LogP contribution in [0.3, 0.4) is 0 Å². The van der Waals surface area contributed by atoms with Crippen LogP contribution in [0.2, 0.25) is 0 Å². The zero-order valence-corrected chi connectivity index (χ0v) is 16.9. The number of thioether (sulfide) groups is 1. The fraction of sp³-hybridized carbons (Fsp3) is 0.526. The van der Waals surface area contributed by atoms with E-state index in [-0.39, 0.29) is 17.8 Å². The monoisotopic (exact) mass is 376 g/mol. The molecule has 0 bridgehead atoms. The van der Waals surface area contributed by atoms with Crippen LogP contribution in [0, 0.1) is 5.92 Å². The molecule has 1 aromatic carbocycles. The molecule has 26 heavy (non-hydrogen) atoms. The zero-order valence-electron chi connectivity index (χ0n) is 16.1. The van der Waals surface area contributed by atoms with E-state index in [0.29, 0.717) is 17.0 Å². The molecule has 0 aliphatic heterocycles. The highest BCUT2D eigenvalue weighted by Gasteiger charge is 2.20. The van der Waals surface area contributed by atoms with Crippen LogP contribution in [0.1, 0.15) is 58.0 Å². The quantitative estimate of drug-likeness (QED) is 0.674. The van der Waals surface area contributed by atoms with Crippen molar-refractivity contribution in [3.63, 3.8) is 0 Å². The summed E-state index contributed by atoms with van der Waals surface area (Å²) in [5.41, 5.74) is 6.53. The first-order chi connectivity index (χ1) is 12.3. The second kappa shape index (κ2) is 9.07. The first-order valence-corrected chi connectivity index (χ1v) is 9.87. The number of nitrogens with two attached hydrogens (primary N) is 1. The fourth-order valence-electron chi connectivity index (χ4n) is 2.57. The molecule has 0 saturated heterocycles. The van der Waals surface area contributed by atoms with E-state index in [4.69, 9.17) is 10.5 Å². The summed E-state index contributed by atoms with van der Waals surface area (Å²) >= 11 is 1.31. The van der Waals surface area contributed by atoms with Crippen LogP contribution < -0.4 is 10.5 Å². The van der Waals surface area contributed by atoms with Gasteiger partial charge in [-0.15, -0.1) is 10.2 Å². The number of carbonyl (C=O) groups is 1. The lowest BCUT2D eigenvalue weighted by molar-refractivity contribution is -0.115. The van der Waals surface area contributed by atoms with Crippen LogP contribution in [0.5, 0.6) is 5.75 Å². The number of primary amides is 1. The topological polar surface area (TPSA) is 83.0 Å². The summed E-state index contributed by atoms with van der Waals surface area (Å²) in [6.07, 6.45) is -0.255. The molecule has 0 fully saturated rings. The number of hydrogen-bond donors (Lipinski definition) is 1. The van der Waals surface area contributed by atoms with Crippen molar-refractivity contribution in [2.24, 2.45) is 11.7 Å². The summed E-state index contributed by atoms with van der Waals surface area (Å²) in [4.78, 5) is 11.1. The Hall–Kier alpha value is -2.02. The van der Waals surface area contributed by atoms with E-state index in [1.807, 2.05) is 23.6 Å². The maximum atomic E-state index is 11.1. The lowest BCUT2D eigenvalue weighted by atomic mass is 10.0. The molecule has 2 aromatic rings. The van der Waals surface area contributed by atoms with E-state index in [1.165, 1.54) is 17.3 Å². The van der Waals surface area contributed by atoms with Crippen LogP contribution in [-0.2, 0) is 11.3 Å². The predicted octanol–water partition coefficient (Wildman–Crippen LogP) is 3.77. The van der Waals surface area contributed by atoms with Gasteiger partial charge in [-0.25, -0.2) is 0 Å². The number of hydrogen-bond acceptors (Lipinski definition) is 5. The SMILES string of the molecule is CC(C)Cn1c(SCC(N)=O)nnc1C(C)Oc1ccc(C(C)C)cc1. The van der Waals surface area contributed by atoms with Crippen molar-refractivity contribution in [3.05, 3.63) is 35.7 Å². The first-order valence-electron chi connectivity index (χ1n) is 8.88. The molecule has 0 radical (unpaired) electrons. The summed E-state index contributed by atoms with van der Waals surface area (Å²) in [5.74, 6) is 2.26. The van der Waals surface area contributed by atoms with Gasteiger partial charge in [0.25, 0.3) is 0 Å². The van der Waals surface area contributed by atoms with Crippen LogP contribution in [0.15, 0.2) is 29.4 Å². The minimum absolute atomic E-state index is 0.183. The van der Waals surface area contributed by atoms with Crippen LogP contribution in [0.25, 0.3) is 0 Å². The molecule has 1 atom stereocenters. The van der Waals surface area contributed by atoms with Crippen LogP contribution >= 0.6 is 11.8 Å². The van der Waals surface area contributed by atoms with Crippen molar-refractivity contribution in [2.45, 2.75) is 58.3 Å². The zero-order chi connectivity index (χ0) is 19.3. The van der Waals surface area contributed by atoms with E-state index in [9.17, 15) is 4.79 Å². The molecular weight excluding hydrogens is 348 g/mol. The molecule has 1 amide bonds. The molecular formula is C19H28N4O2S. The maximum Gasteiger partial charge on any atom is 0.227 e. The molecule has 0 aliphatic carbocycles. The van der Waals surface area contributed by atoms with Gasteiger partial charge in [0.05, 0.1) is 5.75 Å². The highest BCUT2D eigenvalue weighted by atomic mass is 32.2. The highest BCUT2D eigenvalue weighted by Crippen LogP contribution is 2.26. The Morgan fingerprint density at radius 1 is 1.15 bits per heavy atom. The van der Waals surface area contributed by atoms with Gasteiger partial charge in [-0.05, 0) is 36.5 Å². The summed E-state index contributed by atoms with van der Waals surface area (Å²) < 4.78 is 8.09. The molecule has 1 heterocycles. The second-order valence-electron chi connectivity index (χ2n) is 7.08. The fourth-order valence-corrected chi connectivity index (χ4v) is 3.26. The van der Waals surface area contributed by atoms with Crippen molar-refractivity contribution < 1.29 is 9.53 Å². The van der Waals surface area contributed by atoms with Gasteiger partial charge in [0.15, 0.2) is 17.1 Å². The summed E-state index contributed by atoms with van der Waals surface area (Å²) in [7, 11) is 0. The van der Waals surface area contributed by atoms with Gasteiger partial charge in [-0.2, -0.15) is 0 Å². The molecule has 7 heteroatoms. The van der Waals surface area contributed by atoms with Gasteiger partial charge in [0.2, 0.25) is 5.91 Å². The molecule has 0 aliphatic rings. The number of benzene rings is 1. The van der Waals surface area contributed by atoms with Crippen molar-refractivity contribution in [3.8, 4) is 5.75 Å². The predicted molar refractivity (Wildman–Crippen MR) is 104 cm³/mol. The maximum absolute atomic E-state index is 11.1. The van der Waals surface area contributed by atoms with E-state index >= 15 is 0 Å². The molecule has 0 spiro atoms. The first kappa shape index (κ1) is 20.3. The minimum atomic E-state index is -0.370. The highest BCUT2D eigenvalue weighted by molar-refractivity contribution is 7.99. The normalized spacial score (nSPS) is 12.6. The average molecular weight is 377 g/mol. The number of aromatic nitrogens is 3. The Balaban J connectivity index is 2.18. The molecule has 1 aromatic heterocycles. The van der Waals surface area contributed by atoms with E-state index in [2.05, 4.69) is 50.0 Å². The minimum Gasteiger partial charge on any atom is -0.483 e. The van der Waals surface area contributed by atoms with Crippen molar-refractivity contribution in [1.82, 2.24) is 14.8 Å². The van der Waals surface area contributed by atoms with E-state index < -0.39 is 0 Å². The number of rotatable bonds is 9. The summed E-state index contributed by atoms with van der Waals surface area (Å²) in [5, 5.41) is 9.23. The number of carbonyl (C=O) groups excluding carboxylic acids is 1. The second-order valence-corrected chi connectivity index (χ2v) is 8.03. The molecule has 1 unspecified atom stereocenters. The standard InChI is InChI=1S/C19H28N4O2S/c1-12(2)10-23-18(21-22-19(23)26-11-17(20)24)14(5)25-16-8-6-15(7-9-16)13(3)4/h6-9,12-14H,10-11H2,1-5H3,(H2,20,24). The Bertz CT molecular complexity index is 726. The van der Waals surface area contributed by atoms with Gasteiger partial charge in [0.1, 0.15) is 5.75 Å². The van der Waals surface area contributed by atoms with Gasteiger partial charge in [0, 0.05) is 6.54 Å². The molecule has 0 saturated carbocycles. The summed E-state index contributed by atoms with van der Waals surface area (Å²) in [6, 6.07) is 8.13. The van der Waals surface area contributed by atoms with Crippen molar-refractivity contribution >= 4 is 17.7 Å². The Labute approximate surface area is 159 Å². The Morgan fingerprint density at radius 3 is 2.35 bits per heavy atom. The van der Waals surface area contributed by atoms with Gasteiger partial charge < -0.3 is 15.0 Å². The van der Waals surface area contributed by atoms with Gasteiger partial charge >= 0.3 is 0 Å². The largest absolute Gasteiger partial charge is 0.483 e. The number of nitrogens with zero attached hydrogens (tertiary/aromatic N) is 3. The summed E-state index contributed by atoms with van der Waals surface area (Å²) in [6.45, 7) is 11.3. The number of amides is 1.